The molecule has 0 aromatic carbocycles. The van der Waals surface area contributed by atoms with Crippen LogP contribution in [0.4, 0.5) is 5.95 Å². The first-order valence-electron chi connectivity index (χ1n) is 5.77. The Morgan fingerprint density at radius 1 is 1.63 bits per heavy atom. The Morgan fingerprint density at radius 3 is 3.11 bits per heavy atom. The summed E-state index contributed by atoms with van der Waals surface area (Å²) in [5, 5.41) is 23.1. The number of hydrogen-bond acceptors (Lipinski definition) is 7. The molecule has 5 N–H and O–H groups in total. The van der Waals surface area contributed by atoms with Gasteiger partial charge in [0, 0.05) is 12.6 Å². The molecular formula is C10H13N5O4. The summed E-state index contributed by atoms with van der Waals surface area (Å²) in [6.45, 7) is -0.274. The first-order chi connectivity index (χ1) is 9.08. The number of fused-ring (bicyclic) bond motifs is 1. The Hall–Kier alpha value is -1.97. The molecule has 0 unspecified atom stereocenters. The second kappa shape index (κ2) is 4.30. The number of H-pyrrole nitrogens is 1. The zero-order valence-corrected chi connectivity index (χ0v) is 9.85. The van der Waals surface area contributed by atoms with Gasteiger partial charge in [0.05, 0.1) is 12.7 Å². The van der Waals surface area contributed by atoms with E-state index in [1.165, 1.54) is 10.9 Å². The normalized spacial score (nSPS) is 27.2. The van der Waals surface area contributed by atoms with Gasteiger partial charge in [-0.15, -0.1) is 5.10 Å². The van der Waals surface area contributed by atoms with Crippen molar-refractivity contribution in [3.8, 4) is 0 Å². The molecule has 1 aliphatic rings. The van der Waals surface area contributed by atoms with E-state index in [0.29, 0.717) is 5.39 Å². The van der Waals surface area contributed by atoms with Gasteiger partial charge in [0.25, 0.3) is 5.56 Å². The molecule has 0 saturated carbocycles. The lowest BCUT2D eigenvalue weighted by molar-refractivity contribution is -0.0482. The van der Waals surface area contributed by atoms with Gasteiger partial charge in [-0.1, -0.05) is 0 Å². The van der Waals surface area contributed by atoms with E-state index in [0.717, 1.165) is 0 Å². The van der Waals surface area contributed by atoms with Crippen LogP contribution in [-0.4, -0.2) is 48.8 Å². The van der Waals surface area contributed by atoms with Gasteiger partial charge in [0.1, 0.15) is 11.5 Å². The van der Waals surface area contributed by atoms with Gasteiger partial charge in [-0.3, -0.25) is 9.78 Å². The molecular weight excluding hydrogens is 254 g/mol. The van der Waals surface area contributed by atoms with Crippen LogP contribution >= 0.6 is 0 Å². The topological polar surface area (TPSA) is 139 Å². The summed E-state index contributed by atoms with van der Waals surface area (Å²) in [6.07, 6.45) is -0.182. The third-order valence-corrected chi connectivity index (χ3v) is 3.10. The van der Waals surface area contributed by atoms with Crippen LogP contribution in [0.3, 0.4) is 0 Å². The van der Waals surface area contributed by atoms with Crippen molar-refractivity contribution >= 4 is 17.0 Å². The number of rotatable bonds is 2. The van der Waals surface area contributed by atoms with Gasteiger partial charge < -0.3 is 20.7 Å². The quantitative estimate of drug-likeness (QED) is 0.510. The standard InChI is InChI=1S/C10H13N5O4/c11-10-12-8-4(9(18)13-10)2-15(14-8)7-1-5(17)6(3-16)19-7/h2,5-7,16-17H,1,3H2,(H3,11,12,13,14,18)/t5-,6+,7+/m0/s1. The van der Waals surface area contributed by atoms with E-state index >= 15 is 0 Å². The first kappa shape index (κ1) is 12.1. The summed E-state index contributed by atoms with van der Waals surface area (Å²) in [4.78, 5) is 17.9. The third kappa shape index (κ3) is 1.97. The number of nitrogen functional groups attached to an aromatic ring is 1. The van der Waals surface area contributed by atoms with Gasteiger partial charge >= 0.3 is 0 Å². The summed E-state index contributed by atoms with van der Waals surface area (Å²) in [5.41, 5.74) is 5.26. The highest BCUT2D eigenvalue weighted by Gasteiger charge is 2.35. The van der Waals surface area contributed by atoms with E-state index < -0.39 is 18.4 Å². The molecule has 1 fully saturated rings. The van der Waals surface area contributed by atoms with E-state index in [2.05, 4.69) is 15.1 Å². The number of hydrogen-bond donors (Lipinski definition) is 4. The number of nitrogens with two attached hydrogens (primary N) is 1. The van der Waals surface area contributed by atoms with Gasteiger partial charge in [0.15, 0.2) is 11.9 Å². The fraction of sp³-hybridized carbons (Fsp3) is 0.500. The van der Waals surface area contributed by atoms with Crippen LogP contribution in [-0.2, 0) is 4.74 Å². The van der Waals surface area contributed by atoms with Crippen LogP contribution < -0.4 is 11.3 Å². The fourth-order valence-corrected chi connectivity index (χ4v) is 2.14. The third-order valence-electron chi connectivity index (χ3n) is 3.10. The van der Waals surface area contributed by atoms with E-state index in [-0.39, 0.29) is 30.2 Å². The maximum absolute atomic E-state index is 11.7. The van der Waals surface area contributed by atoms with Crippen molar-refractivity contribution in [1.29, 1.82) is 0 Å². The van der Waals surface area contributed by atoms with Crippen LogP contribution in [0.1, 0.15) is 12.6 Å². The average molecular weight is 267 g/mol. The lowest BCUT2D eigenvalue weighted by Crippen LogP contribution is -2.24. The summed E-state index contributed by atoms with van der Waals surface area (Å²) in [5.74, 6) is -0.0108. The van der Waals surface area contributed by atoms with Crippen LogP contribution in [0.25, 0.3) is 11.0 Å². The molecule has 1 aliphatic heterocycles. The zero-order valence-electron chi connectivity index (χ0n) is 9.85. The molecule has 0 bridgehead atoms. The molecule has 3 rings (SSSR count). The van der Waals surface area contributed by atoms with E-state index in [4.69, 9.17) is 15.6 Å². The number of aromatic nitrogens is 4. The minimum absolute atomic E-state index is 0.0108. The summed E-state index contributed by atoms with van der Waals surface area (Å²) < 4.78 is 6.85. The maximum Gasteiger partial charge on any atom is 0.263 e. The minimum Gasteiger partial charge on any atom is -0.394 e. The maximum atomic E-state index is 11.7. The predicted molar refractivity (Wildman–Crippen MR) is 64.2 cm³/mol. The number of anilines is 1. The Balaban J connectivity index is 1.99. The van der Waals surface area contributed by atoms with Crippen LogP contribution in [0, 0.1) is 0 Å². The van der Waals surface area contributed by atoms with Gasteiger partial charge in [-0.25, -0.2) is 4.68 Å². The highest BCUT2D eigenvalue weighted by molar-refractivity contribution is 5.73. The molecule has 3 atom stereocenters. The van der Waals surface area contributed by atoms with Gasteiger partial charge in [-0.05, 0) is 0 Å². The van der Waals surface area contributed by atoms with Crippen molar-refractivity contribution in [3.05, 3.63) is 16.6 Å². The molecule has 2 aromatic heterocycles. The van der Waals surface area contributed by atoms with Crippen LogP contribution in [0.2, 0.25) is 0 Å². The molecule has 0 spiro atoms. The SMILES string of the molecule is Nc1nc2nn([C@H]3C[C@H](O)[C@@H](CO)O3)cc2c(=O)[nH]1. The van der Waals surface area contributed by atoms with Crippen molar-refractivity contribution in [2.75, 3.05) is 12.3 Å². The smallest absolute Gasteiger partial charge is 0.263 e. The minimum atomic E-state index is -0.765. The second-order valence-corrected chi connectivity index (χ2v) is 4.41. The lowest BCUT2D eigenvalue weighted by atomic mass is 10.2. The van der Waals surface area contributed by atoms with Crippen molar-refractivity contribution in [3.63, 3.8) is 0 Å². The van der Waals surface area contributed by atoms with Crippen LogP contribution in [0.15, 0.2) is 11.0 Å². The van der Waals surface area contributed by atoms with Gasteiger partial charge in [-0.2, -0.15) is 4.98 Å². The number of aromatic amines is 1. The number of nitrogens with one attached hydrogen (secondary N) is 1. The largest absolute Gasteiger partial charge is 0.394 e. The van der Waals surface area contributed by atoms with Crippen molar-refractivity contribution < 1.29 is 14.9 Å². The lowest BCUT2D eigenvalue weighted by Gasteiger charge is -2.11. The molecule has 9 nitrogen and oxygen atoms in total. The van der Waals surface area contributed by atoms with E-state index in [9.17, 15) is 9.90 Å². The number of ether oxygens (including phenoxy) is 1. The first-order valence-corrected chi connectivity index (χ1v) is 5.77. The molecule has 0 aliphatic carbocycles. The average Bonchev–Trinajstić information content (AvgIpc) is 2.92. The molecule has 0 radical (unpaired) electrons. The van der Waals surface area contributed by atoms with Crippen molar-refractivity contribution in [1.82, 2.24) is 19.7 Å². The Bertz CT molecular complexity index is 665. The number of aliphatic hydroxyl groups is 2. The molecule has 3 heterocycles. The highest BCUT2D eigenvalue weighted by atomic mass is 16.5. The molecule has 2 aromatic rings. The molecule has 102 valence electrons. The van der Waals surface area contributed by atoms with Crippen molar-refractivity contribution in [2.45, 2.75) is 24.9 Å². The summed E-state index contributed by atoms with van der Waals surface area (Å²) in [6, 6.07) is 0. The predicted octanol–water partition coefficient (Wildman–Crippen LogP) is -1.66. The Kier molecular flexibility index (Phi) is 2.73. The second-order valence-electron chi connectivity index (χ2n) is 4.41. The van der Waals surface area contributed by atoms with Crippen LogP contribution in [0.5, 0.6) is 0 Å². The monoisotopic (exact) mass is 267 g/mol. The molecule has 9 heteroatoms. The number of nitrogens with zero attached hydrogens (tertiary/aromatic N) is 3. The van der Waals surface area contributed by atoms with E-state index in [1.807, 2.05) is 0 Å². The van der Waals surface area contributed by atoms with Crippen molar-refractivity contribution in [2.24, 2.45) is 0 Å². The Morgan fingerprint density at radius 2 is 2.42 bits per heavy atom. The van der Waals surface area contributed by atoms with Gasteiger partial charge in [0.2, 0.25) is 5.95 Å². The molecule has 1 saturated heterocycles. The molecule has 19 heavy (non-hydrogen) atoms. The number of aliphatic hydroxyl groups excluding tert-OH is 2. The molecule has 0 amide bonds. The fourth-order valence-electron chi connectivity index (χ4n) is 2.14. The summed E-state index contributed by atoms with van der Waals surface area (Å²) >= 11 is 0. The summed E-state index contributed by atoms with van der Waals surface area (Å²) in [7, 11) is 0. The van der Waals surface area contributed by atoms with E-state index in [1.54, 1.807) is 0 Å². The Labute approximate surface area is 106 Å². The highest BCUT2D eigenvalue weighted by Crippen LogP contribution is 2.28. The zero-order chi connectivity index (χ0) is 13.6.